The van der Waals surface area contributed by atoms with Crippen molar-refractivity contribution < 1.29 is 4.79 Å². The average molecular weight is 196 g/mol. The predicted octanol–water partition coefficient (Wildman–Crippen LogP) is 0.503. The Morgan fingerprint density at radius 2 is 2.36 bits per heavy atom. The van der Waals surface area contributed by atoms with E-state index in [4.69, 9.17) is 0 Å². The van der Waals surface area contributed by atoms with Gasteiger partial charge in [0.15, 0.2) is 0 Å². The van der Waals surface area contributed by atoms with Crippen LogP contribution in [-0.2, 0) is 11.3 Å². The van der Waals surface area contributed by atoms with Crippen LogP contribution < -0.4 is 5.32 Å². The van der Waals surface area contributed by atoms with Crippen LogP contribution in [0.1, 0.15) is 25.5 Å². The first-order valence-electron chi connectivity index (χ1n) is 4.79. The molecule has 1 N–H and O–H groups in total. The average Bonchev–Trinajstić information content (AvgIpc) is 2.50. The molecule has 5 nitrogen and oxygen atoms in total. The third-order valence-electron chi connectivity index (χ3n) is 1.84. The monoisotopic (exact) mass is 196 g/mol. The van der Waals surface area contributed by atoms with Gasteiger partial charge in [0.1, 0.15) is 0 Å². The summed E-state index contributed by atoms with van der Waals surface area (Å²) in [6, 6.07) is 0. The molecule has 0 aliphatic rings. The van der Waals surface area contributed by atoms with E-state index in [0.717, 1.165) is 31.6 Å². The molecule has 0 aromatic carbocycles. The largest absolute Gasteiger partial charge is 0.356 e. The standard InChI is InChI=1S/C9H16N4O/c1-8-7-13(12-11-8)6-4-3-5-10-9(2)14/h7H,3-6H2,1-2H3,(H,10,14). The van der Waals surface area contributed by atoms with Crippen molar-refractivity contribution in [2.45, 2.75) is 33.2 Å². The van der Waals surface area contributed by atoms with E-state index in [-0.39, 0.29) is 5.91 Å². The second kappa shape index (κ2) is 5.36. The van der Waals surface area contributed by atoms with E-state index in [0.29, 0.717) is 0 Å². The molecule has 0 unspecified atom stereocenters. The quantitative estimate of drug-likeness (QED) is 0.698. The summed E-state index contributed by atoms with van der Waals surface area (Å²) < 4.78 is 1.82. The Morgan fingerprint density at radius 1 is 1.57 bits per heavy atom. The van der Waals surface area contributed by atoms with Gasteiger partial charge >= 0.3 is 0 Å². The van der Waals surface area contributed by atoms with E-state index in [9.17, 15) is 4.79 Å². The van der Waals surface area contributed by atoms with E-state index >= 15 is 0 Å². The van der Waals surface area contributed by atoms with Gasteiger partial charge in [-0.25, -0.2) is 0 Å². The van der Waals surface area contributed by atoms with Gasteiger partial charge in [0.05, 0.1) is 5.69 Å². The Labute approximate surface area is 83.5 Å². The summed E-state index contributed by atoms with van der Waals surface area (Å²) in [6.45, 7) is 5.05. The third-order valence-corrected chi connectivity index (χ3v) is 1.84. The molecule has 1 aromatic heterocycles. The molecule has 78 valence electrons. The van der Waals surface area contributed by atoms with E-state index in [1.165, 1.54) is 6.92 Å². The van der Waals surface area contributed by atoms with Crippen molar-refractivity contribution in [1.29, 1.82) is 0 Å². The van der Waals surface area contributed by atoms with E-state index in [1.807, 2.05) is 17.8 Å². The molecule has 5 heteroatoms. The topological polar surface area (TPSA) is 59.8 Å². The van der Waals surface area contributed by atoms with Gasteiger partial charge in [-0.1, -0.05) is 5.21 Å². The Morgan fingerprint density at radius 3 is 2.93 bits per heavy atom. The van der Waals surface area contributed by atoms with Crippen LogP contribution >= 0.6 is 0 Å². The van der Waals surface area contributed by atoms with Crippen LogP contribution in [-0.4, -0.2) is 27.4 Å². The SMILES string of the molecule is CC(=O)NCCCCn1cc(C)nn1. The Balaban J connectivity index is 2.07. The second-order valence-corrected chi connectivity index (χ2v) is 3.31. The first kappa shape index (κ1) is 10.7. The molecule has 0 saturated carbocycles. The van der Waals surface area contributed by atoms with Crippen molar-refractivity contribution in [1.82, 2.24) is 20.3 Å². The molecule has 0 saturated heterocycles. The molecular weight excluding hydrogens is 180 g/mol. The van der Waals surface area contributed by atoms with Crippen LogP contribution in [0.15, 0.2) is 6.20 Å². The number of aryl methyl sites for hydroxylation is 2. The molecule has 1 heterocycles. The summed E-state index contributed by atoms with van der Waals surface area (Å²) in [5.41, 5.74) is 0.937. The van der Waals surface area contributed by atoms with Crippen molar-refractivity contribution in [2.75, 3.05) is 6.54 Å². The molecule has 1 rings (SSSR count). The molecule has 0 atom stereocenters. The molecule has 0 aliphatic heterocycles. The van der Waals surface area contributed by atoms with Gasteiger partial charge in [-0.2, -0.15) is 0 Å². The van der Waals surface area contributed by atoms with Crippen molar-refractivity contribution in [3.8, 4) is 0 Å². The minimum absolute atomic E-state index is 0.0293. The number of nitrogens with one attached hydrogen (secondary N) is 1. The van der Waals surface area contributed by atoms with Crippen LogP contribution in [0.5, 0.6) is 0 Å². The Kier molecular flexibility index (Phi) is 4.10. The number of unbranched alkanes of at least 4 members (excludes halogenated alkanes) is 1. The lowest BCUT2D eigenvalue weighted by Gasteiger charge is -2.01. The number of nitrogens with zero attached hydrogens (tertiary/aromatic N) is 3. The lowest BCUT2D eigenvalue weighted by Crippen LogP contribution is -2.21. The molecule has 0 fully saturated rings. The highest BCUT2D eigenvalue weighted by molar-refractivity contribution is 5.72. The molecule has 14 heavy (non-hydrogen) atoms. The van der Waals surface area contributed by atoms with Crippen molar-refractivity contribution in [3.63, 3.8) is 0 Å². The minimum Gasteiger partial charge on any atom is -0.356 e. The molecule has 0 aliphatic carbocycles. The van der Waals surface area contributed by atoms with E-state index < -0.39 is 0 Å². The van der Waals surface area contributed by atoms with E-state index in [2.05, 4.69) is 15.6 Å². The van der Waals surface area contributed by atoms with Gasteiger partial charge in [0, 0.05) is 26.2 Å². The van der Waals surface area contributed by atoms with Gasteiger partial charge in [-0.05, 0) is 19.8 Å². The number of amides is 1. The first-order valence-corrected chi connectivity index (χ1v) is 4.79. The van der Waals surface area contributed by atoms with Crippen LogP contribution in [0.25, 0.3) is 0 Å². The Hall–Kier alpha value is -1.39. The number of aromatic nitrogens is 3. The fourth-order valence-corrected chi connectivity index (χ4v) is 1.17. The molecular formula is C9H16N4O. The van der Waals surface area contributed by atoms with Crippen LogP contribution in [0.4, 0.5) is 0 Å². The second-order valence-electron chi connectivity index (χ2n) is 3.31. The highest BCUT2D eigenvalue weighted by Gasteiger charge is 1.95. The molecule has 1 amide bonds. The predicted molar refractivity (Wildman–Crippen MR) is 52.7 cm³/mol. The fraction of sp³-hybridized carbons (Fsp3) is 0.667. The summed E-state index contributed by atoms with van der Waals surface area (Å²) >= 11 is 0. The van der Waals surface area contributed by atoms with Gasteiger partial charge in [-0.3, -0.25) is 9.48 Å². The lowest BCUT2D eigenvalue weighted by molar-refractivity contribution is -0.118. The number of carbonyl (C=O) groups excluding carboxylic acids is 1. The molecule has 1 aromatic rings. The fourth-order valence-electron chi connectivity index (χ4n) is 1.17. The van der Waals surface area contributed by atoms with Gasteiger partial charge in [0.2, 0.25) is 5.91 Å². The normalized spacial score (nSPS) is 10.1. The van der Waals surface area contributed by atoms with Crippen molar-refractivity contribution in [2.24, 2.45) is 0 Å². The summed E-state index contributed by atoms with van der Waals surface area (Å²) in [7, 11) is 0. The van der Waals surface area contributed by atoms with Gasteiger partial charge in [-0.15, -0.1) is 5.10 Å². The Bertz CT molecular complexity index is 295. The maximum atomic E-state index is 10.5. The van der Waals surface area contributed by atoms with Gasteiger partial charge in [0.25, 0.3) is 0 Å². The van der Waals surface area contributed by atoms with Gasteiger partial charge < -0.3 is 5.32 Å². The number of rotatable bonds is 5. The number of hydrogen-bond donors (Lipinski definition) is 1. The maximum absolute atomic E-state index is 10.5. The zero-order valence-electron chi connectivity index (χ0n) is 8.66. The lowest BCUT2D eigenvalue weighted by atomic mass is 10.3. The third kappa shape index (κ3) is 4.02. The smallest absolute Gasteiger partial charge is 0.216 e. The van der Waals surface area contributed by atoms with Crippen LogP contribution in [0.3, 0.4) is 0 Å². The number of hydrogen-bond acceptors (Lipinski definition) is 3. The zero-order valence-corrected chi connectivity index (χ0v) is 8.66. The van der Waals surface area contributed by atoms with Crippen molar-refractivity contribution >= 4 is 5.91 Å². The zero-order chi connectivity index (χ0) is 10.4. The molecule has 0 radical (unpaired) electrons. The van der Waals surface area contributed by atoms with Crippen molar-refractivity contribution in [3.05, 3.63) is 11.9 Å². The van der Waals surface area contributed by atoms with Crippen LogP contribution in [0, 0.1) is 6.92 Å². The van der Waals surface area contributed by atoms with E-state index in [1.54, 1.807) is 0 Å². The first-order chi connectivity index (χ1) is 6.68. The molecule has 0 spiro atoms. The highest BCUT2D eigenvalue weighted by atomic mass is 16.1. The summed E-state index contributed by atoms with van der Waals surface area (Å²) in [6.07, 6.45) is 3.89. The summed E-state index contributed by atoms with van der Waals surface area (Å²) in [5, 5.41) is 10.6. The summed E-state index contributed by atoms with van der Waals surface area (Å²) in [5.74, 6) is 0.0293. The molecule has 0 bridgehead atoms. The highest BCUT2D eigenvalue weighted by Crippen LogP contribution is 1.94. The number of carbonyl (C=O) groups is 1. The van der Waals surface area contributed by atoms with Crippen LogP contribution in [0.2, 0.25) is 0 Å². The minimum atomic E-state index is 0.0293. The maximum Gasteiger partial charge on any atom is 0.216 e. The summed E-state index contributed by atoms with van der Waals surface area (Å²) in [4.78, 5) is 10.5.